The van der Waals surface area contributed by atoms with Gasteiger partial charge in [0.2, 0.25) is 5.91 Å². The molecule has 2 fully saturated rings. The summed E-state index contributed by atoms with van der Waals surface area (Å²) in [4.78, 5) is 11.6. The van der Waals surface area contributed by atoms with Gasteiger partial charge in [0.25, 0.3) is 0 Å². The highest BCUT2D eigenvalue weighted by atomic mass is 16.2. The number of rotatable bonds is 0. The number of amidine groups is 1. The first-order chi connectivity index (χ1) is 5.89. The molecule has 1 saturated carbocycles. The summed E-state index contributed by atoms with van der Waals surface area (Å²) >= 11 is 0. The maximum atomic E-state index is 11.6. The molecule has 2 unspecified atom stereocenters. The van der Waals surface area contributed by atoms with Gasteiger partial charge in [-0.1, -0.05) is 20.8 Å². The number of fused-ring (bicyclic) bond motifs is 2. The van der Waals surface area contributed by atoms with Crippen LogP contribution in [0.2, 0.25) is 0 Å². The third-order valence-electron chi connectivity index (χ3n) is 4.34. The number of carbonyl (C=O) groups is 1. The standard InChI is InChI=1S/C10H16N2O/c1-9(2)6-4-5-10(9,3)8(11)12-7(6)13/h6H,4-5H2,1-3H3,(H2,11,12,13). The van der Waals surface area contributed by atoms with E-state index in [2.05, 4.69) is 26.1 Å². The number of hydrogen-bond acceptors (Lipinski definition) is 2. The molecule has 2 rings (SSSR count). The van der Waals surface area contributed by atoms with E-state index >= 15 is 0 Å². The van der Waals surface area contributed by atoms with Crippen molar-refractivity contribution >= 4 is 11.7 Å². The summed E-state index contributed by atoms with van der Waals surface area (Å²) in [6, 6.07) is 0. The van der Waals surface area contributed by atoms with Crippen LogP contribution in [0.4, 0.5) is 0 Å². The first kappa shape index (κ1) is 8.73. The third kappa shape index (κ3) is 0.798. The lowest BCUT2D eigenvalue weighted by atomic mass is 9.63. The van der Waals surface area contributed by atoms with Crippen LogP contribution in [0, 0.1) is 22.2 Å². The molecular formula is C10H16N2O. The van der Waals surface area contributed by atoms with Gasteiger partial charge in [0.15, 0.2) is 0 Å². The van der Waals surface area contributed by atoms with Crippen LogP contribution in [0.3, 0.4) is 0 Å². The number of carbonyl (C=O) groups excluding carboxylic acids is 1. The molecule has 3 nitrogen and oxygen atoms in total. The Balaban J connectivity index is 2.51. The predicted octanol–water partition coefficient (Wildman–Crippen LogP) is 1.54. The van der Waals surface area contributed by atoms with Crippen LogP contribution >= 0.6 is 0 Å². The summed E-state index contributed by atoms with van der Waals surface area (Å²) in [5, 5.41) is 10.5. The molecule has 3 heteroatoms. The molecule has 2 N–H and O–H groups in total. The van der Waals surface area contributed by atoms with Gasteiger partial charge in [-0.2, -0.15) is 0 Å². The lowest BCUT2D eigenvalue weighted by Gasteiger charge is -2.45. The number of amides is 1. The van der Waals surface area contributed by atoms with Crippen LogP contribution in [0.1, 0.15) is 33.6 Å². The Hall–Kier alpha value is -0.860. The molecule has 2 aliphatic rings. The van der Waals surface area contributed by atoms with Gasteiger partial charge < -0.3 is 5.32 Å². The third-order valence-corrected chi connectivity index (χ3v) is 4.34. The minimum absolute atomic E-state index is 0.0463. The van der Waals surface area contributed by atoms with Crippen molar-refractivity contribution in [2.45, 2.75) is 33.6 Å². The van der Waals surface area contributed by atoms with E-state index in [1.54, 1.807) is 0 Å². The minimum atomic E-state index is -0.119. The highest BCUT2D eigenvalue weighted by molar-refractivity contribution is 6.05. The molecule has 1 amide bonds. The van der Waals surface area contributed by atoms with E-state index in [-0.39, 0.29) is 22.7 Å². The van der Waals surface area contributed by atoms with Gasteiger partial charge in [0.1, 0.15) is 5.84 Å². The van der Waals surface area contributed by atoms with Gasteiger partial charge in [0.05, 0.1) is 0 Å². The second-order valence-electron chi connectivity index (χ2n) is 5.01. The largest absolute Gasteiger partial charge is 0.314 e. The second-order valence-corrected chi connectivity index (χ2v) is 5.01. The van der Waals surface area contributed by atoms with Gasteiger partial charge in [-0.05, 0) is 18.3 Å². The highest BCUT2D eigenvalue weighted by Crippen LogP contribution is 2.58. The molecule has 0 spiro atoms. The van der Waals surface area contributed by atoms with Gasteiger partial charge >= 0.3 is 0 Å². The van der Waals surface area contributed by atoms with E-state index in [4.69, 9.17) is 5.41 Å². The Morgan fingerprint density at radius 2 is 2.08 bits per heavy atom. The number of piperidine rings is 1. The molecule has 0 aromatic rings. The molecule has 1 heterocycles. The van der Waals surface area contributed by atoms with Crippen molar-refractivity contribution in [3.8, 4) is 0 Å². The normalized spacial score (nSPS) is 41.9. The molecule has 0 aromatic heterocycles. The van der Waals surface area contributed by atoms with Crippen molar-refractivity contribution in [3.05, 3.63) is 0 Å². The quantitative estimate of drug-likeness (QED) is 0.583. The summed E-state index contributed by atoms with van der Waals surface area (Å²) < 4.78 is 0. The smallest absolute Gasteiger partial charge is 0.228 e. The molecular weight excluding hydrogens is 164 g/mol. The van der Waals surface area contributed by atoms with Crippen molar-refractivity contribution < 1.29 is 4.79 Å². The molecule has 2 bridgehead atoms. The lowest BCUT2D eigenvalue weighted by Crippen LogP contribution is -2.56. The van der Waals surface area contributed by atoms with E-state index in [0.717, 1.165) is 12.8 Å². The molecule has 2 atom stereocenters. The fraction of sp³-hybridized carbons (Fsp3) is 0.800. The Morgan fingerprint density at radius 1 is 1.46 bits per heavy atom. The van der Waals surface area contributed by atoms with Gasteiger partial charge in [-0.25, -0.2) is 0 Å². The Morgan fingerprint density at radius 3 is 2.69 bits per heavy atom. The van der Waals surface area contributed by atoms with Crippen molar-refractivity contribution in [1.82, 2.24) is 5.32 Å². The average molecular weight is 180 g/mol. The lowest BCUT2D eigenvalue weighted by molar-refractivity contribution is -0.128. The first-order valence-corrected chi connectivity index (χ1v) is 4.79. The Labute approximate surface area is 78.4 Å². The summed E-state index contributed by atoms with van der Waals surface area (Å²) in [6.45, 7) is 6.31. The maximum Gasteiger partial charge on any atom is 0.228 e. The van der Waals surface area contributed by atoms with Gasteiger partial charge in [-0.15, -0.1) is 0 Å². The predicted molar refractivity (Wildman–Crippen MR) is 50.5 cm³/mol. The monoisotopic (exact) mass is 180 g/mol. The van der Waals surface area contributed by atoms with Gasteiger partial charge in [0, 0.05) is 11.3 Å². The van der Waals surface area contributed by atoms with E-state index < -0.39 is 0 Å². The van der Waals surface area contributed by atoms with E-state index in [1.807, 2.05) is 0 Å². The van der Waals surface area contributed by atoms with E-state index in [9.17, 15) is 4.79 Å². The van der Waals surface area contributed by atoms with Crippen molar-refractivity contribution in [2.75, 3.05) is 0 Å². The zero-order valence-electron chi connectivity index (χ0n) is 8.40. The summed E-state index contributed by atoms with van der Waals surface area (Å²) in [5.74, 6) is 0.563. The fourth-order valence-corrected chi connectivity index (χ4v) is 2.75. The summed E-state index contributed by atoms with van der Waals surface area (Å²) in [6.07, 6.45) is 1.89. The van der Waals surface area contributed by atoms with Crippen LogP contribution < -0.4 is 5.32 Å². The van der Waals surface area contributed by atoms with E-state index in [1.165, 1.54) is 0 Å². The zero-order valence-corrected chi connectivity index (χ0v) is 8.40. The van der Waals surface area contributed by atoms with Crippen LogP contribution in [0.25, 0.3) is 0 Å². The highest BCUT2D eigenvalue weighted by Gasteiger charge is 2.59. The van der Waals surface area contributed by atoms with E-state index in [0.29, 0.717) is 5.84 Å². The second kappa shape index (κ2) is 2.14. The Kier molecular flexibility index (Phi) is 1.44. The van der Waals surface area contributed by atoms with Crippen LogP contribution in [0.15, 0.2) is 0 Å². The molecule has 1 saturated heterocycles. The summed E-state index contributed by atoms with van der Waals surface area (Å²) in [5.41, 5.74) is -0.169. The van der Waals surface area contributed by atoms with Gasteiger partial charge in [-0.3, -0.25) is 10.2 Å². The molecule has 1 aliphatic carbocycles. The van der Waals surface area contributed by atoms with Crippen molar-refractivity contribution in [3.63, 3.8) is 0 Å². The maximum absolute atomic E-state index is 11.6. The zero-order chi connectivity index (χ0) is 9.85. The van der Waals surface area contributed by atoms with Crippen LogP contribution in [0.5, 0.6) is 0 Å². The average Bonchev–Trinajstić information content (AvgIpc) is 2.16. The molecule has 72 valence electrons. The number of hydrogen-bond donors (Lipinski definition) is 2. The molecule has 0 aromatic carbocycles. The van der Waals surface area contributed by atoms with Crippen LogP contribution in [-0.2, 0) is 4.79 Å². The molecule has 13 heavy (non-hydrogen) atoms. The van der Waals surface area contributed by atoms with Crippen molar-refractivity contribution in [2.24, 2.45) is 16.7 Å². The summed E-state index contributed by atoms with van der Waals surface area (Å²) in [7, 11) is 0. The van der Waals surface area contributed by atoms with Crippen LogP contribution in [-0.4, -0.2) is 11.7 Å². The topological polar surface area (TPSA) is 53.0 Å². The minimum Gasteiger partial charge on any atom is -0.314 e. The number of nitrogens with one attached hydrogen (secondary N) is 2. The van der Waals surface area contributed by atoms with Crippen molar-refractivity contribution in [1.29, 1.82) is 5.41 Å². The molecule has 1 aliphatic heterocycles. The first-order valence-electron chi connectivity index (χ1n) is 4.79. The molecule has 0 radical (unpaired) electrons. The Bertz CT molecular complexity index is 295. The fourth-order valence-electron chi connectivity index (χ4n) is 2.75. The SMILES string of the molecule is CC12CCC(C(=O)NC1=N)C2(C)C.